The second-order valence-corrected chi connectivity index (χ2v) is 9.89. The number of carbonyl (C=O) groups is 1. The van der Waals surface area contributed by atoms with Gasteiger partial charge < -0.3 is 24.7 Å². The number of methoxy groups -OCH3 is 1. The fourth-order valence-electron chi connectivity index (χ4n) is 5.52. The minimum Gasteiger partial charge on any atom is -0.496 e. The largest absolute Gasteiger partial charge is 0.496 e. The summed E-state index contributed by atoms with van der Waals surface area (Å²) in [6, 6.07) is 11.2. The molecule has 2 aliphatic rings. The van der Waals surface area contributed by atoms with Crippen LogP contribution in [-0.4, -0.2) is 50.5 Å². The van der Waals surface area contributed by atoms with E-state index in [2.05, 4.69) is 33.4 Å². The Balaban J connectivity index is 1.39. The molecule has 196 valence electrons. The topological polar surface area (TPSA) is 108 Å². The fourth-order valence-corrected chi connectivity index (χ4v) is 5.52. The van der Waals surface area contributed by atoms with E-state index in [1.54, 1.807) is 7.11 Å². The van der Waals surface area contributed by atoms with Gasteiger partial charge in [0.1, 0.15) is 35.0 Å². The van der Waals surface area contributed by atoms with Crippen molar-refractivity contribution in [1.82, 2.24) is 24.4 Å². The molecule has 2 N–H and O–H groups in total. The number of hydrogen-bond acceptors (Lipinski definition) is 7. The second-order valence-electron chi connectivity index (χ2n) is 9.89. The number of fused-ring (bicyclic) bond motifs is 2. The Kier molecular flexibility index (Phi) is 5.95. The number of aromatic nitrogens is 4. The molecule has 4 heterocycles. The van der Waals surface area contributed by atoms with E-state index in [0.29, 0.717) is 40.7 Å². The van der Waals surface area contributed by atoms with Crippen molar-refractivity contribution < 1.29 is 14.3 Å². The molecule has 1 saturated heterocycles. The highest BCUT2D eigenvalue weighted by Crippen LogP contribution is 2.51. The lowest BCUT2D eigenvalue weighted by Crippen LogP contribution is -2.29. The summed E-state index contributed by atoms with van der Waals surface area (Å²) in [4.78, 5) is 27.0. The zero-order chi connectivity index (χ0) is 27.3. The van der Waals surface area contributed by atoms with Crippen LogP contribution in [0.4, 0.5) is 5.82 Å². The van der Waals surface area contributed by atoms with Gasteiger partial charge in [-0.25, -0.2) is 15.0 Å². The molecule has 6 rings (SSSR count). The van der Waals surface area contributed by atoms with Crippen molar-refractivity contribution in [2.24, 2.45) is 24.8 Å². The number of aryl methyl sites for hydroxylation is 2. The van der Waals surface area contributed by atoms with Crippen molar-refractivity contribution in [2.75, 3.05) is 25.9 Å². The predicted octanol–water partition coefficient (Wildman–Crippen LogP) is 3.96. The lowest BCUT2D eigenvalue weighted by Gasteiger charge is -2.16. The van der Waals surface area contributed by atoms with Gasteiger partial charge in [0.2, 0.25) is 11.8 Å². The van der Waals surface area contributed by atoms with Crippen LogP contribution in [0.5, 0.6) is 17.4 Å². The van der Waals surface area contributed by atoms with E-state index in [0.717, 1.165) is 41.0 Å². The summed E-state index contributed by atoms with van der Waals surface area (Å²) in [5, 5.41) is 0.718. The van der Waals surface area contributed by atoms with E-state index in [4.69, 9.17) is 15.2 Å². The number of amides is 1. The number of nitrogens with zero attached hydrogens (tertiary/aromatic N) is 5. The van der Waals surface area contributed by atoms with Crippen molar-refractivity contribution in [2.45, 2.75) is 6.92 Å². The molecule has 2 fully saturated rings. The van der Waals surface area contributed by atoms with Gasteiger partial charge in [-0.05, 0) is 49.0 Å². The zero-order valence-electron chi connectivity index (χ0n) is 22.0. The van der Waals surface area contributed by atoms with Crippen molar-refractivity contribution >= 4 is 22.8 Å². The van der Waals surface area contributed by atoms with E-state index in [1.807, 2.05) is 59.8 Å². The maximum atomic E-state index is 12.0. The first-order valence-electron chi connectivity index (χ1n) is 12.7. The molecule has 9 nitrogen and oxygen atoms in total. The van der Waals surface area contributed by atoms with Crippen LogP contribution in [0.3, 0.4) is 0 Å². The molecular formula is C30H28N6O3. The highest BCUT2D eigenvalue weighted by atomic mass is 16.5. The summed E-state index contributed by atoms with van der Waals surface area (Å²) in [5.41, 5.74) is 10.3. The number of ether oxygens (including phenoxy) is 2. The van der Waals surface area contributed by atoms with Gasteiger partial charge in [-0.3, -0.25) is 4.79 Å². The molecule has 0 bridgehead atoms. The van der Waals surface area contributed by atoms with Crippen LogP contribution >= 0.6 is 0 Å². The number of anilines is 1. The third-order valence-corrected chi connectivity index (χ3v) is 7.56. The maximum Gasteiger partial charge on any atom is 0.245 e. The summed E-state index contributed by atoms with van der Waals surface area (Å²) >= 11 is 0. The Labute approximate surface area is 226 Å². The average molecular weight is 521 g/mol. The van der Waals surface area contributed by atoms with Crippen LogP contribution in [0.1, 0.15) is 11.4 Å². The van der Waals surface area contributed by atoms with Crippen LogP contribution in [0.2, 0.25) is 0 Å². The van der Waals surface area contributed by atoms with Gasteiger partial charge in [0.15, 0.2) is 0 Å². The number of pyridine rings is 1. The first kappa shape index (κ1) is 24.5. The molecule has 0 radical (unpaired) electrons. The molecular weight excluding hydrogens is 492 g/mol. The summed E-state index contributed by atoms with van der Waals surface area (Å²) in [6.45, 7) is 6.96. The number of nitrogens with two attached hydrogens (primary N) is 1. The number of rotatable bonds is 5. The molecule has 9 heteroatoms. The van der Waals surface area contributed by atoms with Crippen LogP contribution in [-0.2, 0) is 11.8 Å². The number of nitrogen functional groups attached to an aromatic ring is 1. The molecule has 0 spiro atoms. The maximum absolute atomic E-state index is 12.0. The minimum atomic E-state index is -0.0170. The normalized spacial score (nSPS) is 19.3. The van der Waals surface area contributed by atoms with E-state index in [-0.39, 0.29) is 11.8 Å². The Morgan fingerprint density at radius 3 is 2.72 bits per heavy atom. The summed E-state index contributed by atoms with van der Waals surface area (Å²) in [5.74, 6) is 9.97. The third kappa shape index (κ3) is 4.24. The van der Waals surface area contributed by atoms with Gasteiger partial charge in [0.25, 0.3) is 0 Å². The number of carbonyl (C=O) groups excluding carboxylic acids is 1. The van der Waals surface area contributed by atoms with Crippen molar-refractivity contribution in [3.05, 3.63) is 66.8 Å². The number of benzene rings is 1. The van der Waals surface area contributed by atoms with Crippen LogP contribution in [0, 0.1) is 36.5 Å². The Hall–Kier alpha value is -4.84. The van der Waals surface area contributed by atoms with E-state index < -0.39 is 0 Å². The summed E-state index contributed by atoms with van der Waals surface area (Å²) in [6.07, 6.45) is 2.83. The Morgan fingerprint density at radius 2 is 2.00 bits per heavy atom. The molecule has 39 heavy (non-hydrogen) atoms. The lowest BCUT2D eigenvalue weighted by molar-refractivity contribution is -0.125. The fraction of sp³-hybridized carbons (Fsp3) is 0.267. The van der Waals surface area contributed by atoms with Gasteiger partial charge in [-0.2, -0.15) is 0 Å². The minimum absolute atomic E-state index is 0.0170. The number of hydrogen-bond donors (Lipinski definition) is 1. The molecule has 4 aromatic rings. The predicted molar refractivity (Wildman–Crippen MR) is 148 cm³/mol. The van der Waals surface area contributed by atoms with Crippen LogP contribution in [0.15, 0.2) is 55.4 Å². The third-order valence-electron chi connectivity index (χ3n) is 7.56. The van der Waals surface area contributed by atoms with Crippen LogP contribution in [0.25, 0.3) is 22.2 Å². The quantitative estimate of drug-likeness (QED) is 0.313. The smallest absolute Gasteiger partial charge is 0.245 e. The number of likely N-dealkylation sites (tertiary alicyclic amines) is 1. The van der Waals surface area contributed by atoms with Gasteiger partial charge in [-0.1, -0.05) is 18.6 Å². The first-order valence-corrected chi connectivity index (χ1v) is 12.7. The van der Waals surface area contributed by atoms with Crippen LogP contribution < -0.4 is 15.2 Å². The second kappa shape index (κ2) is 9.48. The molecule has 1 aromatic carbocycles. The Morgan fingerprint density at radius 1 is 1.21 bits per heavy atom. The standard InChI is InChI=1S/C30H28N6O3/c1-5-26(37)36-14-21-19(22(21)15-36)11-12-23-27(28-29(31)32-16-33-30(28)35(23)3)20-10-9-18(13-24(20)38-4)39-25-8-6-7-17(2)34-25/h5-10,13,16,19,21-22H,1,14-15H2,2-4H3,(H2,31,32,33)/t19?,21-,22+. The first-order chi connectivity index (χ1) is 18.9. The van der Waals surface area contributed by atoms with Gasteiger partial charge in [-0.15, -0.1) is 0 Å². The van der Waals surface area contributed by atoms with Crippen molar-refractivity contribution in [1.29, 1.82) is 0 Å². The molecule has 1 unspecified atom stereocenters. The molecule has 1 amide bonds. The van der Waals surface area contributed by atoms with Crippen molar-refractivity contribution in [3.8, 4) is 40.3 Å². The lowest BCUT2D eigenvalue weighted by atomic mass is 10.0. The zero-order valence-corrected chi connectivity index (χ0v) is 22.0. The number of piperidine rings is 1. The Bertz CT molecular complexity index is 1690. The average Bonchev–Trinajstić information content (AvgIpc) is 3.24. The van der Waals surface area contributed by atoms with E-state index >= 15 is 0 Å². The summed E-state index contributed by atoms with van der Waals surface area (Å²) in [7, 11) is 3.54. The monoisotopic (exact) mass is 520 g/mol. The molecule has 1 aliphatic heterocycles. The molecule has 1 saturated carbocycles. The van der Waals surface area contributed by atoms with E-state index in [9.17, 15) is 4.79 Å². The summed E-state index contributed by atoms with van der Waals surface area (Å²) < 4.78 is 13.8. The molecule has 3 atom stereocenters. The molecule has 3 aromatic heterocycles. The highest BCUT2D eigenvalue weighted by Gasteiger charge is 2.55. The highest BCUT2D eigenvalue weighted by molar-refractivity contribution is 6.04. The SMILES string of the molecule is C=CC(=O)N1C[C@@H]2C(C#Cc3c(-c4ccc(Oc5cccc(C)n5)cc4OC)c4c(N)ncnc4n3C)[C@@H]2C1. The van der Waals surface area contributed by atoms with Gasteiger partial charge in [0.05, 0.1) is 12.5 Å². The van der Waals surface area contributed by atoms with Gasteiger partial charge >= 0.3 is 0 Å². The van der Waals surface area contributed by atoms with Gasteiger partial charge in [0, 0.05) is 55.0 Å². The molecule has 1 aliphatic carbocycles. The van der Waals surface area contributed by atoms with Crippen molar-refractivity contribution in [3.63, 3.8) is 0 Å². The van der Waals surface area contributed by atoms with E-state index in [1.165, 1.54) is 12.4 Å².